The van der Waals surface area contributed by atoms with E-state index in [4.69, 9.17) is 4.42 Å². The first-order valence-electron chi connectivity index (χ1n) is 12.7. The Kier molecular flexibility index (Phi) is 7.32. The number of nitrogens with zero attached hydrogens (tertiary/aromatic N) is 4. The van der Waals surface area contributed by atoms with Crippen molar-refractivity contribution < 1.29 is 23.9 Å². The van der Waals surface area contributed by atoms with Gasteiger partial charge >= 0.3 is 6.03 Å². The standard InChI is InChI=1S/C28H31N5O5/c1-2-31-19-26(35)32-24(15-20-10-12-22(34)13-11-20)27(36)30(17-23-9-6-14-38-23)18-25(32)33(31)28(37)29-16-21-7-4-3-5-8-21/h3-14,24-25,34H,2,15-19H2,1H3,(H,29,37)/t24-,25-/m0/s1. The molecule has 0 radical (unpaired) electrons. The lowest BCUT2D eigenvalue weighted by Gasteiger charge is -2.55. The Morgan fingerprint density at radius 3 is 2.47 bits per heavy atom. The molecule has 1 aromatic heterocycles. The van der Waals surface area contributed by atoms with Crippen molar-refractivity contribution in [3.05, 3.63) is 89.9 Å². The second-order valence-corrected chi connectivity index (χ2v) is 9.44. The number of likely N-dealkylation sites (N-methyl/N-ethyl adjacent to an activating group) is 1. The molecule has 2 aliphatic rings. The van der Waals surface area contributed by atoms with Crippen molar-refractivity contribution in [2.45, 2.75) is 38.6 Å². The van der Waals surface area contributed by atoms with E-state index in [0.717, 1.165) is 11.1 Å². The predicted molar refractivity (Wildman–Crippen MR) is 138 cm³/mol. The highest BCUT2D eigenvalue weighted by molar-refractivity contribution is 5.91. The molecule has 2 aliphatic heterocycles. The fourth-order valence-electron chi connectivity index (χ4n) is 5.11. The number of furan rings is 1. The van der Waals surface area contributed by atoms with Crippen molar-refractivity contribution in [1.82, 2.24) is 25.1 Å². The minimum Gasteiger partial charge on any atom is -0.508 e. The first-order chi connectivity index (χ1) is 18.4. The van der Waals surface area contributed by atoms with Crippen LogP contribution in [0.15, 0.2) is 77.4 Å². The maximum atomic E-state index is 13.8. The summed E-state index contributed by atoms with van der Waals surface area (Å²) in [5, 5.41) is 16.0. The van der Waals surface area contributed by atoms with Crippen molar-refractivity contribution in [2.75, 3.05) is 19.6 Å². The molecule has 3 aromatic rings. The number of amides is 4. The Labute approximate surface area is 221 Å². The molecule has 2 atom stereocenters. The predicted octanol–water partition coefficient (Wildman–Crippen LogP) is 2.56. The zero-order valence-corrected chi connectivity index (χ0v) is 21.2. The van der Waals surface area contributed by atoms with Crippen molar-refractivity contribution in [2.24, 2.45) is 0 Å². The van der Waals surface area contributed by atoms with Gasteiger partial charge < -0.3 is 24.6 Å². The molecule has 0 spiro atoms. The monoisotopic (exact) mass is 517 g/mol. The van der Waals surface area contributed by atoms with E-state index >= 15 is 0 Å². The average molecular weight is 518 g/mol. The van der Waals surface area contributed by atoms with Gasteiger partial charge in [-0.3, -0.25) is 9.59 Å². The molecular formula is C28H31N5O5. The highest BCUT2D eigenvalue weighted by atomic mass is 16.3. The van der Waals surface area contributed by atoms with Crippen LogP contribution in [0.4, 0.5) is 4.79 Å². The van der Waals surface area contributed by atoms with E-state index in [0.29, 0.717) is 18.8 Å². The summed E-state index contributed by atoms with van der Waals surface area (Å²) < 4.78 is 5.51. The number of phenolic OH excluding ortho intramolecular Hbond substituents is 1. The smallest absolute Gasteiger partial charge is 0.334 e. The minimum atomic E-state index is -0.816. The zero-order chi connectivity index (χ0) is 26.6. The molecule has 2 N–H and O–H groups in total. The van der Waals surface area contributed by atoms with Crippen molar-refractivity contribution in [1.29, 1.82) is 0 Å². The molecule has 3 heterocycles. The van der Waals surface area contributed by atoms with Gasteiger partial charge in [0.1, 0.15) is 23.7 Å². The second kappa shape index (κ2) is 11.0. The van der Waals surface area contributed by atoms with Gasteiger partial charge in [-0.05, 0) is 35.4 Å². The van der Waals surface area contributed by atoms with Gasteiger partial charge in [-0.25, -0.2) is 14.8 Å². The van der Waals surface area contributed by atoms with Gasteiger partial charge in [-0.15, -0.1) is 0 Å². The normalized spacial score (nSPS) is 20.0. The maximum Gasteiger partial charge on any atom is 0.334 e. The number of carbonyl (C=O) groups excluding carboxylic acids is 3. The summed E-state index contributed by atoms with van der Waals surface area (Å²) in [6.07, 6.45) is 1.11. The molecule has 2 saturated heterocycles. The van der Waals surface area contributed by atoms with Gasteiger partial charge in [-0.2, -0.15) is 0 Å². The van der Waals surface area contributed by atoms with E-state index in [1.54, 1.807) is 62.5 Å². The van der Waals surface area contributed by atoms with Crippen LogP contribution in [0, 0.1) is 0 Å². The molecule has 198 valence electrons. The van der Waals surface area contributed by atoms with Crippen LogP contribution in [-0.4, -0.2) is 74.6 Å². The summed E-state index contributed by atoms with van der Waals surface area (Å²) >= 11 is 0. The summed E-state index contributed by atoms with van der Waals surface area (Å²) in [6.45, 7) is 3.03. The van der Waals surface area contributed by atoms with Crippen LogP contribution >= 0.6 is 0 Å². The summed E-state index contributed by atoms with van der Waals surface area (Å²) in [4.78, 5) is 44.0. The van der Waals surface area contributed by atoms with Gasteiger partial charge in [0.05, 0.1) is 25.9 Å². The lowest BCUT2D eigenvalue weighted by Crippen LogP contribution is -2.76. The Bertz CT molecular complexity index is 1260. The molecule has 2 fully saturated rings. The summed E-state index contributed by atoms with van der Waals surface area (Å²) in [5.74, 6) is 0.312. The van der Waals surface area contributed by atoms with Crippen LogP contribution in [0.25, 0.3) is 0 Å². The third kappa shape index (κ3) is 5.21. The lowest BCUT2D eigenvalue weighted by atomic mass is 9.98. The van der Waals surface area contributed by atoms with Gasteiger partial charge in [0.15, 0.2) is 0 Å². The number of hydrogen-bond acceptors (Lipinski definition) is 6. The van der Waals surface area contributed by atoms with Crippen molar-refractivity contribution in [3.63, 3.8) is 0 Å². The number of benzene rings is 2. The SMILES string of the molecule is CCN1CC(=O)N2[C@@H](Cc3ccc(O)cc3)C(=O)N(Cc3ccco3)C[C@@H]2N1C(=O)NCc1ccccc1. The van der Waals surface area contributed by atoms with Crippen LogP contribution < -0.4 is 5.32 Å². The summed E-state index contributed by atoms with van der Waals surface area (Å²) in [6, 6.07) is 18.6. The Hall–Kier alpha value is -4.31. The Morgan fingerprint density at radius 1 is 1.03 bits per heavy atom. The van der Waals surface area contributed by atoms with E-state index < -0.39 is 12.2 Å². The minimum absolute atomic E-state index is 0.0106. The number of rotatable bonds is 7. The number of hydrogen-bond donors (Lipinski definition) is 2. The van der Waals surface area contributed by atoms with Crippen molar-refractivity contribution >= 4 is 17.8 Å². The van der Waals surface area contributed by atoms with E-state index in [2.05, 4.69) is 5.32 Å². The molecule has 2 aromatic carbocycles. The molecule has 10 heteroatoms. The van der Waals surface area contributed by atoms with Crippen LogP contribution in [-0.2, 0) is 29.1 Å². The third-order valence-electron chi connectivity index (χ3n) is 6.98. The highest BCUT2D eigenvalue weighted by Crippen LogP contribution is 2.29. The van der Waals surface area contributed by atoms with E-state index in [9.17, 15) is 19.5 Å². The third-order valence-corrected chi connectivity index (χ3v) is 6.98. The molecule has 0 saturated carbocycles. The molecule has 10 nitrogen and oxygen atoms in total. The van der Waals surface area contributed by atoms with Crippen molar-refractivity contribution in [3.8, 4) is 5.75 Å². The van der Waals surface area contributed by atoms with Gasteiger partial charge in [-0.1, -0.05) is 49.4 Å². The number of nitrogens with one attached hydrogen (secondary N) is 1. The largest absolute Gasteiger partial charge is 0.508 e. The fourth-order valence-corrected chi connectivity index (χ4v) is 5.11. The maximum absolute atomic E-state index is 13.8. The van der Waals surface area contributed by atoms with Crippen LogP contribution in [0.2, 0.25) is 0 Å². The molecule has 38 heavy (non-hydrogen) atoms. The quantitative estimate of drug-likeness (QED) is 0.499. The average Bonchev–Trinajstić information content (AvgIpc) is 3.44. The highest BCUT2D eigenvalue weighted by Gasteiger charge is 2.51. The summed E-state index contributed by atoms with van der Waals surface area (Å²) in [5.41, 5.74) is 1.75. The molecule has 0 unspecified atom stereocenters. The topological polar surface area (TPSA) is 110 Å². The summed E-state index contributed by atoms with van der Waals surface area (Å²) in [7, 11) is 0. The van der Waals surface area contributed by atoms with Crippen LogP contribution in [0.1, 0.15) is 23.8 Å². The van der Waals surface area contributed by atoms with E-state index in [-0.39, 0.29) is 49.7 Å². The number of phenols is 1. The van der Waals surface area contributed by atoms with Gasteiger partial charge in [0.2, 0.25) is 11.8 Å². The van der Waals surface area contributed by atoms with E-state index in [1.807, 2.05) is 37.3 Å². The number of piperazine rings is 1. The molecule has 0 aliphatic carbocycles. The Morgan fingerprint density at radius 2 is 1.79 bits per heavy atom. The second-order valence-electron chi connectivity index (χ2n) is 9.44. The number of carbonyl (C=O) groups is 3. The lowest BCUT2D eigenvalue weighted by molar-refractivity contribution is -0.190. The van der Waals surface area contributed by atoms with Gasteiger partial charge in [0.25, 0.3) is 0 Å². The first kappa shape index (κ1) is 25.3. The number of urea groups is 1. The van der Waals surface area contributed by atoms with Crippen LogP contribution in [0.3, 0.4) is 0 Å². The van der Waals surface area contributed by atoms with Crippen LogP contribution in [0.5, 0.6) is 5.75 Å². The Balaban J connectivity index is 1.46. The van der Waals surface area contributed by atoms with Gasteiger partial charge in [0, 0.05) is 19.5 Å². The zero-order valence-electron chi connectivity index (χ0n) is 21.2. The number of aromatic hydroxyl groups is 1. The fraction of sp³-hybridized carbons (Fsp3) is 0.321. The molecular weight excluding hydrogens is 486 g/mol. The molecule has 0 bridgehead atoms. The number of hydrazine groups is 1. The molecule has 5 rings (SSSR count). The molecule has 4 amide bonds. The number of fused-ring (bicyclic) bond motifs is 1. The van der Waals surface area contributed by atoms with E-state index in [1.165, 1.54) is 0 Å². The first-order valence-corrected chi connectivity index (χ1v) is 12.7.